The predicted octanol–water partition coefficient (Wildman–Crippen LogP) is 2.54. The molecule has 1 N–H and O–H groups in total. The predicted molar refractivity (Wildman–Crippen MR) is 69.1 cm³/mol. The van der Waals surface area contributed by atoms with Gasteiger partial charge in [0.25, 0.3) is 0 Å². The van der Waals surface area contributed by atoms with Gasteiger partial charge in [-0.2, -0.15) is 0 Å². The van der Waals surface area contributed by atoms with E-state index in [0.29, 0.717) is 18.9 Å². The normalized spacial score (nSPS) is 10.4. The fraction of sp³-hybridized carbons (Fsp3) is 0.500. The molecule has 1 aromatic carbocycles. The van der Waals surface area contributed by atoms with E-state index < -0.39 is 0 Å². The molecule has 0 aliphatic carbocycles. The zero-order chi connectivity index (χ0) is 12.7. The number of ether oxygens (including phenoxy) is 1. The highest BCUT2D eigenvalue weighted by molar-refractivity contribution is 5.75. The Morgan fingerprint density at radius 3 is 2.53 bits per heavy atom. The summed E-state index contributed by atoms with van der Waals surface area (Å²) in [4.78, 5) is 11.4. The van der Waals surface area contributed by atoms with Crippen LogP contribution in [-0.4, -0.2) is 19.1 Å². The molecule has 1 rings (SSSR count). The number of rotatable bonds is 6. The van der Waals surface area contributed by atoms with Gasteiger partial charge >= 0.3 is 0 Å². The summed E-state index contributed by atoms with van der Waals surface area (Å²) in [5.74, 6) is 1.34. The van der Waals surface area contributed by atoms with E-state index in [4.69, 9.17) is 4.74 Å². The second-order valence-corrected chi connectivity index (χ2v) is 4.61. The van der Waals surface area contributed by atoms with Crippen LogP contribution in [0.15, 0.2) is 24.3 Å². The molecule has 94 valence electrons. The topological polar surface area (TPSA) is 38.3 Å². The molecule has 17 heavy (non-hydrogen) atoms. The van der Waals surface area contributed by atoms with Gasteiger partial charge in [-0.05, 0) is 25.0 Å². The molecule has 0 aliphatic heterocycles. The summed E-state index contributed by atoms with van der Waals surface area (Å²) in [6.07, 6.45) is 0.403. The Morgan fingerprint density at radius 1 is 1.29 bits per heavy atom. The van der Waals surface area contributed by atoms with Crippen LogP contribution in [0.1, 0.15) is 25.8 Å². The third-order valence-corrected chi connectivity index (χ3v) is 2.33. The first-order valence-corrected chi connectivity index (χ1v) is 6.04. The zero-order valence-corrected chi connectivity index (χ0v) is 10.8. The minimum absolute atomic E-state index is 0.0470. The van der Waals surface area contributed by atoms with Crippen molar-refractivity contribution in [3.05, 3.63) is 29.8 Å². The highest BCUT2D eigenvalue weighted by atomic mass is 16.5. The summed E-state index contributed by atoms with van der Waals surface area (Å²) < 4.78 is 5.48. The van der Waals surface area contributed by atoms with Crippen LogP contribution in [0.25, 0.3) is 0 Å². The molecule has 1 amide bonds. The SMILES string of the molecule is Cc1ccc(OCCC(=O)NCC(C)C)cc1. The van der Waals surface area contributed by atoms with Crippen molar-refractivity contribution in [1.29, 1.82) is 0 Å². The molecule has 0 saturated carbocycles. The van der Waals surface area contributed by atoms with Crippen molar-refractivity contribution in [2.75, 3.05) is 13.2 Å². The lowest BCUT2D eigenvalue weighted by Crippen LogP contribution is -2.28. The average molecular weight is 235 g/mol. The van der Waals surface area contributed by atoms with Crippen LogP contribution in [0.4, 0.5) is 0 Å². The van der Waals surface area contributed by atoms with Crippen LogP contribution in [0, 0.1) is 12.8 Å². The first-order chi connectivity index (χ1) is 8.08. The van der Waals surface area contributed by atoms with E-state index in [1.165, 1.54) is 5.56 Å². The Morgan fingerprint density at radius 2 is 1.94 bits per heavy atom. The lowest BCUT2D eigenvalue weighted by molar-refractivity contribution is -0.121. The van der Waals surface area contributed by atoms with Gasteiger partial charge < -0.3 is 10.1 Å². The van der Waals surface area contributed by atoms with Crippen molar-refractivity contribution in [2.45, 2.75) is 27.2 Å². The summed E-state index contributed by atoms with van der Waals surface area (Å²) in [7, 11) is 0. The number of nitrogens with one attached hydrogen (secondary N) is 1. The molecule has 0 saturated heterocycles. The molecule has 0 aliphatic rings. The second kappa shape index (κ2) is 6.94. The van der Waals surface area contributed by atoms with E-state index in [0.717, 1.165) is 12.3 Å². The smallest absolute Gasteiger partial charge is 0.223 e. The van der Waals surface area contributed by atoms with Gasteiger partial charge in [0.2, 0.25) is 5.91 Å². The van der Waals surface area contributed by atoms with Gasteiger partial charge in [-0.15, -0.1) is 0 Å². The summed E-state index contributed by atoms with van der Waals surface area (Å²) in [5.41, 5.74) is 1.20. The van der Waals surface area contributed by atoms with Crippen LogP contribution in [-0.2, 0) is 4.79 Å². The Bertz CT molecular complexity index is 344. The quantitative estimate of drug-likeness (QED) is 0.823. The van der Waals surface area contributed by atoms with Gasteiger partial charge in [0.1, 0.15) is 5.75 Å². The number of carbonyl (C=O) groups excluding carboxylic acids is 1. The van der Waals surface area contributed by atoms with E-state index in [1.54, 1.807) is 0 Å². The van der Waals surface area contributed by atoms with Crippen molar-refractivity contribution in [3.63, 3.8) is 0 Å². The molecule has 3 heteroatoms. The Hall–Kier alpha value is -1.51. The molecule has 0 atom stereocenters. The fourth-order valence-corrected chi connectivity index (χ4v) is 1.30. The van der Waals surface area contributed by atoms with Gasteiger partial charge in [-0.3, -0.25) is 4.79 Å². The van der Waals surface area contributed by atoms with E-state index >= 15 is 0 Å². The molecule has 3 nitrogen and oxygen atoms in total. The van der Waals surface area contributed by atoms with Gasteiger partial charge in [-0.25, -0.2) is 0 Å². The average Bonchev–Trinajstić information content (AvgIpc) is 2.29. The molecular formula is C14H21NO2. The van der Waals surface area contributed by atoms with Gasteiger partial charge in [0, 0.05) is 6.54 Å². The van der Waals surface area contributed by atoms with Crippen molar-refractivity contribution in [1.82, 2.24) is 5.32 Å². The number of carbonyl (C=O) groups is 1. The molecule has 0 bridgehead atoms. The van der Waals surface area contributed by atoms with Gasteiger partial charge in [0.05, 0.1) is 13.0 Å². The first kappa shape index (κ1) is 13.6. The van der Waals surface area contributed by atoms with E-state index in [2.05, 4.69) is 19.2 Å². The summed E-state index contributed by atoms with van der Waals surface area (Å²) in [5, 5.41) is 2.86. The fourth-order valence-electron chi connectivity index (χ4n) is 1.30. The number of benzene rings is 1. The van der Waals surface area contributed by atoms with E-state index in [9.17, 15) is 4.79 Å². The monoisotopic (exact) mass is 235 g/mol. The lowest BCUT2D eigenvalue weighted by Gasteiger charge is -2.08. The molecule has 0 spiro atoms. The van der Waals surface area contributed by atoms with Gasteiger partial charge in [0.15, 0.2) is 0 Å². The molecule has 0 fully saturated rings. The molecule has 0 heterocycles. The molecule has 0 aromatic heterocycles. The van der Waals surface area contributed by atoms with Gasteiger partial charge in [-0.1, -0.05) is 31.5 Å². The van der Waals surface area contributed by atoms with Crippen molar-refractivity contribution >= 4 is 5.91 Å². The summed E-state index contributed by atoms with van der Waals surface area (Å²) in [6, 6.07) is 7.82. The maximum atomic E-state index is 11.4. The standard InChI is InChI=1S/C14H21NO2/c1-11(2)10-15-14(16)8-9-17-13-6-4-12(3)5-7-13/h4-7,11H,8-10H2,1-3H3,(H,15,16). The number of aryl methyl sites for hydroxylation is 1. The minimum Gasteiger partial charge on any atom is -0.493 e. The summed E-state index contributed by atoms with van der Waals surface area (Å²) >= 11 is 0. The van der Waals surface area contributed by atoms with Crippen LogP contribution < -0.4 is 10.1 Å². The third kappa shape index (κ3) is 5.95. The zero-order valence-electron chi connectivity index (χ0n) is 10.8. The molecule has 1 aromatic rings. The van der Waals surface area contributed by atoms with Crippen molar-refractivity contribution in [2.24, 2.45) is 5.92 Å². The first-order valence-electron chi connectivity index (χ1n) is 6.04. The van der Waals surface area contributed by atoms with E-state index in [1.807, 2.05) is 31.2 Å². The third-order valence-electron chi connectivity index (χ3n) is 2.33. The van der Waals surface area contributed by atoms with Crippen LogP contribution in [0.5, 0.6) is 5.75 Å². The molecule has 0 unspecified atom stereocenters. The molecular weight excluding hydrogens is 214 g/mol. The summed E-state index contributed by atoms with van der Waals surface area (Å²) in [6.45, 7) is 7.33. The van der Waals surface area contributed by atoms with Crippen molar-refractivity contribution < 1.29 is 9.53 Å². The van der Waals surface area contributed by atoms with Crippen LogP contribution >= 0.6 is 0 Å². The number of amides is 1. The highest BCUT2D eigenvalue weighted by Crippen LogP contribution is 2.11. The Balaban J connectivity index is 2.19. The Labute approximate surface area is 103 Å². The number of hydrogen-bond donors (Lipinski definition) is 1. The van der Waals surface area contributed by atoms with Crippen LogP contribution in [0.2, 0.25) is 0 Å². The maximum Gasteiger partial charge on any atom is 0.223 e. The second-order valence-electron chi connectivity index (χ2n) is 4.61. The van der Waals surface area contributed by atoms with E-state index in [-0.39, 0.29) is 5.91 Å². The van der Waals surface area contributed by atoms with Crippen molar-refractivity contribution in [3.8, 4) is 5.75 Å². The largest absolute Gasteiger partial charge is 0.493 e. The minimum atomic E-state index is 0.0470. The number of hydrogen-bond acceptors (Lipinski definition) is 2. The maximum absolute atomic E-state index is 11.4. The lowest BCUT2D eigenvalue weighted by atomic mass is 10.2. The molecule has 0 radical (unpaired) electrons. The van der Waals surface area contributed by atoms with Crippen LogP contribution in [0.3, 0.4) is 0 Å². The highest BCUT2D eigenvalue weighted by Gasteiger charge is 2.02. The Kier molecular flexibility index (Phi) is 5.53.